The molecule has 158 valence electrons. The van der Waals surface area contributed by atoms with E-state index >= 15 is 0 Å². The summed E-state index contributed by atoms with van der Waals surface area (Å²) in [6.07, 6.45) is 3.51. The Morgan fingerprint density at radius 3 is 2.68 bits per heavy atom. The molecule has 2 unspecified atom stereocenters. The number of para-hydroxylation sites is 1. The van der Waals surface area contributed by atoms with Gasteiger partial charge in [-0.1, -0.05) is 48.0 Å². The lowest BCUT2D eigenvalue weighted by Gasteiger charge is -2.27. The average Bonchev–Trinajstić information content (AvgIpc) is 3.49. The highest BCUT2D eigenvalue weighted by molar-refractivity contribution is 6.46. The molecule has 2 aliphatic heterocycles. The number of aromatic amines is 1. The highest BCUT2D eigenvalue weighted by Crippen LogP contribution is 2.42. The molecule has 0 bridgehead atoms. The number of aromatic nitrogens is 1. The number of aryl methyl sites for hydroxylation is 1. The fraction of sp³-hybridized carbons (Fsp3) is 0.280. The molecule has 0 saturated carbocycles. The maximum Gasteiger partial charge on any atom is 0.295 e. The summed E-state index contributed by atoms with van der Waals surface area (Å²) in [7, 11) is 0. The SMILES string of the molecule is Cc1ccc(/C(O)=C2\C(=O)C(=O)N(CC3CCCO3)C2c2c[nH]c3ccccc23)cc1. The van der Waals surface area contributed by atoms with Crippen molar-refractivity contribution < 1.29 is 19.4 Å². The minimum absolute atomic E-state index is 0.106. The Kier molecular flexibility index (Phi) is 4.87. The molecule has 6 nitrogen and oxygen atoms in total. The molecule has 5 rings (SSSR count). The molecule has 2 saturated heterocycles. The minimum atomic E-state index is -0.679. The van der Waals surface area contributed by atoms with Gasteiger partial charge in [0, 0.05) is 41.4 Å². The van der Waals surface area contributed by atoms with E-state index < -0.39 is 17.7 Å². The molecule has 31 heavy (non-hydrogen) atoms. The molecule has 2 atom stereocenters. The quantitative estimate of drug-likeness (QED) is 0.381. The van der Waals surface area contributed by atoms with Gasteiger partial charge in [-0.15, -0.1) is 0 Å². The van der Waals surface area contributed by atoms with Gasteiger partial charge >= 0.3 is 0 Å². The first-order chi connectivity index (χ1) is 15.0. The largest absolute Gasteiger partial charge is 0.507 e. The van der Waals surface area contributed by atoms with Gasteiger partial charge in [0.05, 0.1) is 17.7 Å². The van der Waals surface area contributed by atoms with E-state index in [1.54, 1.807) is 17.0 Å². The van der Waals surface area contributed by atoms with Crippen LogP contribution in [0.4, 0.5) is 0 Å². The number of benzene rings is 2. The first kappa shape index (κ1) is 19.6. The summed E-state index contributed by atoms with van der Waals surface area (Å²) in [5, 5.41) is 12.1. The van der Waals surface area contributed by atoms with Crippen molar-refractivity contribution in [2.75, 3.05) is 13.2 Å². The lowest BCUT2D eigenvalue weighted by Crippen LogP contribution is -2.36. The first-order valence-corrected chi connectivity index (χ1v) is 10.6. The van der Waals surface area contributed by atoms with E-state index in [4.69, 9.17) is 4.74 Å². The van der Waals surface area contributed by atoms with E-state index in [9.17, 15) is 14.7 Å². The highest BCUT2D eigenvalue weighted by atomic mass is 16.5. The molecule has 3 aromatic rings. The molecular formula is C25H24N2O4. The molecule has 1 aromatic heterocycles. The predicted molar refractivity (Wildman–Crippen MR) is 117 cm³/mol. The summed E-state index contributed by atoms with van der Waals surface area (Å²) in [6, 6.07) is 14.4. The zero-order valence-corrected chi connectivity index (χ0v) is 17.3. The van der Waals surface area contributed by atoms with Crippen LogP contribution in [0.3, 0.4) is 0 Å². The number of amides is 1. The third-order valence-electron chi connectivity index (χ3n) is 6.21. The molecule has 2 N–H and O–H groups in total. The van der Waals surface area contributed by atoms with Crippen LogP contribution in [0.25, 0.3) is 16.7 Å². The Balaban J connectivity index is 1.67. The van der Waals surface area contributed by atoms with Gasteiger partial charge in [0.25, 0.3) is 11.7 Å². The summed E-state index contributed by atoms with van der Waals surface area (Å²) in [6.45, 7) is 2.94. The van der Waals surface area contributed by atoms with Crippen LogP contribution in [0.5, 0.6) is 0 Å². The number of hydrogen-bond acceptors (Lipinski definition) is 4. The Morgan fingerprint density at radius 2 is 1.94 bits per heavy atom. The van der Waals surface area contributed by atoms with Gasteiger partial charge in [0.1, 0.15) is 5.76 Å². The molecule has 1 amide bonds. The lowest BCUT2D eigenvalue weighted by atomic mass is 9.94. The molecule has 2 aromatic carbocycles. The first-order valence-electron chi connectivity index (χ1n) is 10.6. The number of Topliss-reactive ketones (excluding diaryl/α,β-unsaturated/α-hetero) is 1. The molecule has 3 heterocycles. The summed E-state index contributed by atoms with van der Waals surface area (Å²) in [5.41, 5.74) is 3.39. The number of rotatable bonds is 4. The van der Waals surface area contributed by atoms with Crippen LogP contribution in [0.2, 0.25) is 0 Å². The van der Waals surface area contributed by atoms with Crippen LogP contribution in [0.15, 0.2) is 60.3 Å². The Morgan fingerprint density at radius 1 is 1.16 bits per heavy atom. The summed E-state index contributed by atoms with van der Waals surface area (Å²) in [4.78, 5) is 31.0. The van der Waals surface area contributed by atoms with Gasteiger partial charge in [-0.25, -0.2) is 0 Å². The fourth-order valence-corrected chi connectivity index (χ4v) is 4.59. The van der Waals surface area contributed by atoms with Crippen LogP contribution in [0.1, 0.15) is 35.6 Å². The number of carbonyl (C=O) groups is 2. The Labute approximate surface area is 180 Å². The van der Waals surface area contributed by atoms with E-state index in [1.165, 1.54) is 0 Å². The maximum atomic E-state index is 13.2. The second-order valence-corrected chi connectivity index (χ2v) is 8.24. The van der Waals surface area contributed by atoms with Gasteiger partial charge in [0.2, 0.25) is 0 Å². The van der Waals surface area contributed by atoms with E-state index in [2.05, 4.69) is 4.98 Å². The monoisotopic (exact) mass is 416 g/mol. The van der Waals surface area contributed by atoms with Crippen molar-refractivity contribution in [1.29, 1.82) is 0 Å². The number of likely N-dealkylation sites (tertiary alicyclic amines) is 1. The number of aliphatic hydroxyl groups is 1. The van der Waals surface area contributed by atoms with Gasteiger partial charge in [-0.2, -0.15) is 0 Å². The number of aliphatic hydroxyl groups excluding tert-OH is 1. The molecule has 0 aliphatic carbocycles. The molecule has 0 spiro atoms. The van der Waals surface area contributed by atoms with Crippen LogP contribution < -0.4 is 0 Å². The number of nitrogens with zero attached hydrogens (tertiary/aromatic N) is 1. The second-order valence-electron chi connectivity index (χ2n) is 8.24. The van der Waals surface area contributed by atoms with E-state index in [1.807, 2.05) is 49.5 Å². The number of H-pyrrole nitrogens is 1. The van der Waals surface area contributed by atoms with Crippen molar-refractivity contribution in [2.45, 2.75) is 31.9 Å². The third-order valence-corrected chi connectivity index (χ3v) is 6.21. The number of fused-ring (bicyclic) bond motifs is 1. The van der Waals surface area contributed by atoms with Crippen molar-refractivity contribution in [2.24, 2.45) is 0 Å². The highest BCUT2D eigenvalue weighted by Gasteiger charge is 2.47. The fourth-order valence-electron chi connectivity index (χ4n) is 4.59. The molecule has 2 fully saturated rings. The van der Waals surface area contributed by atoms with E-state index in [-0.39, 0.29) is 17.4 Å². The van der Waals surface area contributed by atoms with E-state index in [0.717, 1.165) is 34.9 Å². The normalized spacial score (nSPS) is 23.2. The second kappa shape index (κ2) is 7.71. The standard InChI is InChI=1S/C25H24N2O4/c1-15-8-10-16(11-9-15)23(28)21-22(19-13-26-20-7-3-2-6-18(19)20)27(25(30)24(21)29)14-17-5-4-12-31-17/h2-3,6-11,13,17,22,26,28H,4-5,12,14H2,1H3/b23-21+. The van der Waals surface area contributed by atoms with Crippen molar-refractivity contribution in [3.05, 3.63) is 77.0 Å². The number of hydrogen-bond donors (Lipinski definition) is 2. The van der Waals surface area contributed by atoms with Gasteiger partial charge in [0.15, 0.2) is 0 Å². The van der Waals surface area contributed by atoms with Gasteiger partial charge < -0.3 is 19.7 Å². The number of carbonyl (C=O) groups excluding carboxylic acids is 2. The van der Waals surface area contributed by atoms with Crippen LogP contribution >= 0.6 is 0 Å². The maximum absolute atomic E-state index is 13.2. The smallest absolute Gasteiger partial charge is 0.295 e. The Hall–Kier alpha value is -3.38. The third kappa shape index (κ3) is 3.33. The van der Waals surface area contributed by atoms with Crippen molar-refractivity contribution in [3.63, 3.8) is 0 Å². The van der Waals surface area contributed by atoms with Crippen LogP contribution in [-0.2, 0) is 14.3 Å². The topological polar surface area (TPSA) is 82.6 Å². The molecule has 0 radical (unpaired) electrons. The average molecular weight is 416 g/mol. The summed E-state index contributed by atoms with van der Waals surface area (Å²) < 4.78 is 5.75. The van der Waals surface area contributed by atoms with Crippen molar-refractivity contribution >= 4 is 28.4 Å². The lowest BCUT2D eigenvalue weighted by molar-refractivity contribution is -0.140. The zero-order chi connectivity index (χ0) is 21.5. The van der Waals surface area contributed by atoms with Gasteiger partial charge in [-0.05, 0) is 25.8 Å². The van der Waals surface area contributed by atoms with Crippen LogP contribution in [-0.4, -0.2) is 45.9 Å². The Bertz CT molecular complexity index is 1190. The number of nitrogens with one attached hydrogen (secondary N) is 1. The number of ketones is 1. The molecule has 2 aliphatic rings. The molecular weight excluding hydrogens is 392 g/mol. The molecule has 6 heteroatoms. The summed E-state index contributed by atoms with van der Waals surface area (Å²) in [5.74, 6) is -1.41. The summed E-state index contributed by atoms with van der Waals surface area (Å²) >= 11 is 0. The predicted octanol–water partition coefficient (Wildman–Crippen LogP) is 4.08. The van der Waals surface area contributed by atoms with Gasteiger partial charge in [-0.3, -0.25) is 9.59 Å². The zero-order valence-electron chi connectivity index (χ0n) is 17.3. The minimum Gasteiger partial charge on any atom is -0.507 e. The van der Waals surface area contributed by atoms with Crippen molar-refractivity contribution in [3.8, 4) is 0 Å². The number of ether oxygens (including phenoxy) is 1. The van der Waals surface area contributed by atoms with Crippen LogP contribution in [0, 0.1) is 6.92 Å². The van der Waals surface area contributed by atoms with Crippen molar-refractivity contribution in [1.82, 2.24) is 9.88 Å². The van der Waals surface area contributed by atoms with E-state index in [0.29, 0.717) is 18.7 Å².